The van der Waals surface area contributed by atoms with Crippen molar-refractivity contribution < 1.29 is 31.5 Å². The Labute approximate surface area is 322 Å². The third-order valence-corrected chi connectivity index (χ3v) is 13.4. The van der Waals surface area contributed by atoms with E-state index in [4.69, 9.17) is 18.5 Å². The summed E-state index contributed by atoms with van der Waals surface area (Å²) in [5.74, 6) is -1.18. The summed E-state index contributed by atoms with van der Waals surface area (Å²) in [6, 6.07) is 52.3. The molecular formula is C45H40NO7PS. The van der Waals surface area contributed by atoms with Crippen molar-refractivity contribution in [3.63, 3.8) is 0 Å². The Morgan fingerprint density at radius 2 is 0.891 bits per heavy atom. The van der Waals surface area contributed by atoms with Gasteiger partial charge in [0.1, 0.15) is 12.2 Å². The lowest BCUT2D eigenvalue weighted by Gasteiger charge is -2.41. The van der Waals surface area contributed by atoms with Crippen LogP contribution in [0.3, 0.4) is 0 Å². The average molecular weight is 770 g/mol. The molecule has 0 aliphatic carbocycles. The summed E-state index contributed by atoms with van der Waals surface area (Å²) < 4.78 is 78.8. The van der Waals surface area contributed by atoms with Gasteiger partial charge >= 0.3 is 7.60 Å². The first-order chi connectivity index (χ1) is 26.5. The zero-order chi connectivity index (χ0) is 38.3. The lowest BCUT2D eigenvalue weighted by molar-refractivity contribution is -0.175. The van der Waals surface area contributed by atoms with Crippen LogP contribution in [0.4, 0.5) is 0 Å². The van der Waals surface area contributed by atoms with Gasteiger partial charge in [-0.2, -0.15) is 12.8 Å². The normalized spacial score (nSPS) is 21.3. The number of hydrogen-bond donors (Lipinski definition) is 0. The van der Waals surface area contributed by atoms with Gasteiger partial charge in [-0.1, -0.05) is 169 Å². The van der Waals surface area contributed by atoms with E-state index in [1.165, 1.54) is 12.1 Å². The molecule has 2 fully saturated rings. The molecule has 10 heteroatoms. The molecule has 2 aliphatic rings. The topological polar surface area (TPSA) is 100 Å². The van der Waals surface area contributed by atoms with Crippen LogP contribution in [0, 0.1) is 6.92 Å². The van der Waals surface area contributed by atoms with E-state index in [1.54, 1.807) is 42.5 Å². The van der Waals surface area contributed by atoms with Gasteiger partial charge in [-0.15, -0.1) is 0 Å². The zero-order valence-corrected chi connectivity index (χ0v) is 32.3. The van der Waals surface area contributed by atoms with Crippen molar-refractivity contribution in [3.05, 3.63) is 209 Å². The van der Waals surface area contributed by atoms with E-state index >= 15 is 4.57 Å². The van der Waals surface area contributed by atoms with Crippen molar-refractivity contribution in [1.29, 1.82) is 0 Å². The summed E-state index contributed by atoms with van der Waals surface area (Å²) in [4.78, 5) is -0.0759. The predicted octanol–water partition coefficient (Wildman–Crippen LogP) is 9.78. The minimum Gasteiger partial charge on any atom is -0.341 e. The summed E-state index contributed by atoms with van der Waals surface area (Å²) in [6.07, 6.45) is -2.07. The van der Waals surface area contributed by atoms with E-state index in [-0.39, 0.29) is 15.9 Å². The molecule has 0 saturated carbocycles. The van der Waals surface area contributed by atoms with Crippen molar-refractivity contribution >= 4 is 23.1 Å². The van der Waals surface area contributed by atoms with Gasteiger partial charge in [-0.05, 0) is 55.2 Å². The summed E-state index contributed by atoms with van der Waals surface area (Å²) in [6.45, 7) is 5.52. The first-order valence-corrected chi connectivity index (χ1v) is 21.0. The maximum atomic E-state index is 16.9. The fraction of sp³-hybridized carbons (Fsp3) is 0.178. The van der Waals surface area contributed by atoms with Crippen LogP contribution in [0.5, 0.6) is 0 Å². The van der Waals surface area contributed by atoms with Crippen molar-refractivity contribution in [2.45, 2.75) is 54.9 Å². The van der Waals surface area contributed by atoms with Gasteiger partial charge < -0.3 is 9.47 Å². The van der Waals surface area contributed by atoms with E-state index in [2.05, 4.69) is 4.40 Å². The Hall–Kier alpha value is -4.99. The van der Waals surface area contributed by atoms with Crippen LogP contribution >= 0.6 is 7.60 Å². The standard InChI is InChI=1S/C45H40NO7PS/c1-33-29-31-39(32-30-33)55(48,49)46-42(34-19-9-4-10-20-34)54(47)52-44(35-21-11-5-12-22-35,36-23-13-6-14-24-36)40-41(51-43(2,3)50-40)45(53-54,37-25-15-7-16-26-37)38-27-17-8-18-28-38/h4-32,40-41H,1-3H3/b46-42+/t40-,41-/m1/s1. The number of fused-ring (bicyclic) bond motifs is 1. The van der Waals surface area contributed by atoms with Crippen LogP contribution < -0.4 is 0 Å². The van der Waals surface area contributed by atoms with Crippen LogP contribution in [0.15, 0.2) is 185 Å². The fourth-order valence-corrected chi connectivity index (χ4v) is 11.3. The average Bonchev–Trinajstić information content (AvgIpc) is 3.51. The third-order valence-electron chi connectivity index (χ3n) is 10.1. The van der Waals surface area contributed by atoms with Gasteiger partial charge in [0.2, 0.25) is 0 Å². The number of benzene rings is 6. The van der Waals surface area contributed by atoms with E-state index in [0.717, 1.165) is 5.56 Å². The van der Waals surface area contributed by atoms with Gasteiger partial charge in [0.25, 0.3) is 10.0 Å². The summed E-state index contributed by atoms with van der Waals surface area (Å²) >= 11 is 0. The van der Waals surface area contributed by atoms with Crippen molar-refractivity contribution in [3.8, 4) is 0 Å². The molecule has 0 N–H and O–H groups in total. The summed E-state index contributed by atoms with van der Waals surface area (Å²) in [5, 5.41) is 0. The highest BCUT2D eigenvalue weighted by atomic mass is 32.2. The first-order valence-electron chi connectivity index (χ1n) is 18.0. The zero-order valence-electron chi connectivity index (χ0n) is 30.6. The lowest BCUT2D eigenvalue weighted by Crippen LogP contribution is -2.53. The highest BCUT2D eigenvalue weighted by Gasteiger charge is 2.69. The Balaban J connectivity index is 1.53. The number of rotatable bonds is 8. The molecule has 55 heavy (non-hydrogen) atoms. The molecule has 0 aromatic heterocycles. The van der Waals surface area contributed by atoms with Gasteiger partial charge in [0.15, 0.2) is 22.4 Å². The summed E-state index contributed by atoms with van der Waals surface area (Å²) in [7, 11) is -9.51. The maximum absolute atomic E-state index is 16.9. The SMILES string of the molecule is Cc1ccc(S(=O)(=O)/N=C(\c2ccccc2)P2(=O)OC(c3ccccc3)(c3ccccc3)[C@@H]3OC(C)(C)O[C@H]3C(c3ccccc3)(c3ccccc3)O2)cc1. The quantitative estimate of drug-likeness (QED) is 0.112. The van der Waals surface area contributed by atoms with Gasteiger partial charge in [0.05, 0.1) is 4.90 Å². The molecule has 0 unspecified atom stereocenters. The van der Waals surface area contributed by atoms with E-state index < -0.39 is 46.8 Å². The maximum Gasteiger partial charge on any atom is 0.383 e. The van der Waals surface area contributed by atoms with Crippen LogP contribution in [0.25, 0.3) is 0 Å². The van der Waals surface area contributed by atoms with Gasteiger partial charge in [-0.25, -0.2) is 0 Å². The molecule has 2 atom stereocenters. The Kier molecular flexibility index (Phi) is 9.58. The molecule has 6 aromatic carbocycles. The second-order valence-electron chi connectivity index (χ2n) is 14.2. The monoisotopic (exact) mass is 769 g/mol. The number of hydrogen-bond acceptors (Lipinski definition) is 7. The van der Waals surface area contributed by atoms with Crippen molar-refractivity contribution in [1.82, 2.24) is 0 Å². The molecule has 0 amide bonds. The number of nitrogens with zero attached hydrogens (tertiary/aromatic N) is 1. The molecule has 278 valence electrons. The highest BCUT2D eigenvalue weighted by molar-refractivity contribution is 7.91. The Morgan fingerprint density at radius 3 is 1.25 bits per heavy atom. The molecule has 6 aromatic rings. The van der Waals surface area contributed by atoms with E-state index in [1.807, 2.05) is 142 Å². The predicted molar refractivity (Wildman–Crippen MR) is 212 cm³/mol. The molecule has 8 rings (SSSR count). The molecule has 2 heterocycles. The smallest absolute Gasteiger partial charge is 0.341 e. The Morgan fingerprint density at radius 1 is 0.545 bits per heavy atom. The van der Waals surface area contributed by atoms with E-state index in [0.29, 0.717) is 22.3 Å². The van der Waals surface area contributed by atoms with E-state index in [9.17, 15) is 8.42 Å². The molecule has 2 saturated heterocycles. The lowest BCUT2D eigenvalue weighted by atomic mass is 9.72. The number of sulfonamides is 1. The van der Waals surface area contributed by atoms with Crippen molar-refractivity contribution in [2.24, 2.45) is 4.40 Å². The van der Waals surface area contributed by atoms with Gasteiger partial charge in [0, 0.05) is 5.56 Å². The minimum absolute atomic E-state index is 0.0759. The Bertz CT molecular complexity index is 2280. The second-order valence-corrected chi connectivity index (χ2v) is 17.5. The molecule has 0 radical (unpaired) electrons. The van der Waals surface area contributed by atoms with Crippen LogP contribution in [-0.2, 0) is 44.3 Å². The van der Waals surface area contributed by atoms with Crippen LogP contribution in [-0.4, -0.2) is 31.9 Å². The molecule has 0 bridgehead atoms. The van der Waals surface area contributed by atoms with Crippen LogP contribution in [0.1, 0.15) is 47.2 Å². The molecule has 0 spiro atoms. The van der Waals surface area contributed by atoms with Crippen molar-refractivity contribution in [2.75, 3.05) is 0 Å². The fourth-order valence-electron chi connectivity index (χ4n) is 7.61. The largest absolute Gasteiger partial charge is 0.383 e. The number of ether oxygens (including phenoxy) is 2. The summed E-state index contributed by atoms with van der Waals surface area (Å²) in [5.41, 5.74) is -0.357. The van der Waals surface area contributed by atoms with Gasteiger partial charge in [-0.3, -0.25) is 13.6 Å². The molecule has 8 nitrogen and oxygen atoms in total. The molecular weight excluding hydrogens is 730 g/mol. The third kappa shape index (κ3) is 6.61. The first kappa shape index (κ1) is 37.0. The molecule has 2 aliphatic heterocycles. The second kappa shape index (κ2) is 14.3. The van der Waals surface area contributed by atoms with Crippen LogP contribution in [0.2, 0.25) is 0 Å². The minimum atomic E-state index is -5.01. The number of aryl methyl sites for hydroxylation is 1. The highest BCUT2D eigenvalue weighted by Crippen LogP contribution is 2.69.